The summed E-state index contributed by atoms with van der Waals surface area (Å²) in [5, 5.41) is 7.70. The number of urea groups is 1. The molecule has 0 bridgehead atoms. The maximum Gasteiger partial charge on any atom is 0.321 e. The molecule has 1 aromatic carbocycles. The number of benzene rings is 1. The number of nitrogens with one attached hydrogen (secondary N) is 3. The Morgan fingerprint density at radius 3 is 2.47 bits per heavy atom. The Labute approximate surface area is 112 Å². The van der Waals surface area contributed by atoms with E-state index in [1.807, 2.05) is 26.1 Å². The Bertz CT molecular complexity index is 418. The minimum atomic E-state index is -0.499. The van der Waals surface area contributed by atoms with Crippen molar-refractivity contribution in [3.05, 3.63) is 24.3 Å². The first kappa shape index (κ1) is 14.8. The van der Waals surface area contributed by atoms with Crippen molar-refractivity contribution in [1.82, 2.24) is 10.6 Å². The van der Waals surface area contributed by atoms with Crippen LogP contribution in [-0.2, 0) is 4.79 Å². The molecular weight excluding hydrogens is 246 g/mol. The zero-order valence-electron chi connectivity index (χ0n) is 11.2. The molecule has 0 spiro atoms. The van der Waals surface area contributed by atoms with Gasteiger partial charge in [-0.05, 0) is 30.7 Å². The summed E-state index contributed by atoms with van der Waals surface area (Å²) in [5.74, 6) is 0.0920. The quantitative estimate of drug-likeness (QED) is 0.725. The Morgan fingerprint density at radius 2 is 1.89 bits per heavy atom. The van der Waals surface area contributed by atoms with Crippen LogP contribution in [0.4, 0.5) is 10.5 Å². The van der Waals surface area contributed by atoms with Gasteiger partial charge < -0.3 is 15.4 Å². The number of amides is 3. The lowest BCUT2D eigenvalue weighted by atomic mass is 10.3. The summed E-state index contributed by atoms with van der Waals surface area (Å²) in [6.45, 7) is 2.27. The monoisotopic (exact) mass is 265 g/mol. The molecule has 3 N–H and O–H groups in total. The van der Waals surface area contributed by atoms with E-state index in [0.717, 1.165) is 12.1 Å². The van der Waals surface area contributed by atoms with Crippen molar-refractivity contribution in [3.63, 3.8) is 0 Å². The van der Waals surface area contributed by atoms with Crippen LogP contribution in [0, 0.1) is 0 Å². The Kier molecular flexibility index (Phi) is 6.21. The van der Waals surface area contributed by atoms with Crippen molar-refractivity contribution in [2.24, 2.45) is 0 Å². The standard InChI is InChI=1S/C13H19N3O3/c1-3-8-15-13(18)16-12(17)9-19-11-6-4-10(14-2)5-7-11/h4-7,14H,3,8-9H2,1-2H3,(H2,15,16,17,18). The Hall–Kier alpha value is -2.24. The number of anilines is 1. The van der Waals surface area contributed by atoms with Crippen LogP contribution in [0.25, 0.3) is 0 Å². The van der Waals surface area contributed by atoms with E-state index < -0.39 is 11.9 Å². The van der Waals surface area contributed by atoms with Crippen LogP contribution >= 0.6 is 0 Å². The summed E-state index contributed by atoms with van der Waals surface area (Å²) in [7, 11) is 1.82. The van der Waals surface area contributed by atoms with Gasteiger partial charge in [0.1, 0.15) is 5.75 Å². The number of hydrogen-bond donors (Lipinski definition) is 3. The van der Waals surface area contributed by atoms with Crippen molar-refractivity contribution in [2.75, 3.05) is 25.5 Å². The first-order chi connectivity index (χ1) is 9.15. The molecular formula is C13H19N3O3. The van der Waals surface area contributed by atoms with E-state index in [9.17, 15) is 9.59 Å². The second kappa shape index (κ2) is 7.97. The molecule has 0 unspecified atom stereocenters. The van der Waals surface area contributed by atoms with Gasteiger partial charge in [0, 0.05) is 19.3 Å². The molecule has 6 nitrogen and oxygen atoms in total. The minimum Gasteiger partial charge on any atom is -0.484 e. The SMILES string of the molecule is CCCNC(=O)NC(=O)COc1ccc(NC)cc1. The zero-order valence-corrected chi connectivity index (χ0v) is 11.2. The van der Waals surface area contributed by atoms with Crippen molar-refractivity contribution in [2.45, 2.75) is 13.3 Å². The van der Waals surface area contributed by atoms with Crippen molar-refractivity contribution >= 4 is 17.6 Å². The smallest absolute Gasteiger partial charge is 0.321 e. The third-order valence-corrected chi connectivity index (χ3v) is 2.30. The lowest BCUT2D eigenvalue weighted by Gasteiger charge is -2.08. The molecule has 0 aliphatic heterocycles. The average Bonchev–Trinajstić information content (AvgIpc) is 2.43. The van der Waals surface area contributed by atoms with Gasteiger partial charge in [0.05, 0.1) is 0 Å². The largest absolute Gasteiger partial charge is 0.484 e. The normalized spacial score (nSPS) is 9.58. The highest BCUT2D eigenvalue weighted by Gasteiger charge is 2.07. The topological polar surface area (TPSA) is 79.5 Å². The predicted molar refractivity (Wildman–Crippen MR) is 73.3 cm³/mol. The van der Waals surface area contributed by atoms with Gasteiger partial charge >= 0.3 is 6.03 Å². The number of ether oxygens (including phenoxy) is 1. The second-order valence-electron chi connectivity index (χ2n) is 3.87. The van der Waals surface area contributed by atoms with Gasteiger partial charge in [-0.2, -0.15) is 0 Å². The molecule has 0 saturated heterocycles. The highest BCUT2D eigenvalue weighted by atomic mass is 16.5. The van der Waals surface area contributed by atoms with Crippen molar-refractivity contribution < 1.29 is 14.3 Å². The van der Waals surface area contributed by atoms with E-state index >= 15 is 0 Å². The number of imide groups is 1. The summed E-state index contributed by atoms with van der Waals surface area (Å²) in [6.07, 6.45) is 0.815. The van der Waals surface area contributed by atoms with Gasteiger partial charge in [-0.1, -0.05) is 6.92 Å². The fourth-order valence-electron chi connectivity index (χ4n) is 1.31. The molecule has 0 fully saturated rings. The van der Waals surface area contributed by atoms with E-state index in [1.165, 1.54) is 0 Å². The molecule has 0 aromatic heterocycles. The summed E-state index contributed by atoms with van der Waals surface area (Å²) in [6, 6.07) is 6.66. The van der Waals surface area contributed by atoms with Crippen LogP contribution in [0.5, 0.6) is 5.75 Å². The summed E-state index contributed by atoms with van der Waals surface area (Å²) < 4.78 is 5.25. The van der Waals surface area contributed by atoms with Gasteiger partial charge in [0.15, 0.2) is 6.61 Å². The maximum absolute atomic E-state index is 11.4. The molecule has 3 amide bonds. The highest BCUT2D eigenvalue weighted by molar-refractivity contribution is 5.94. The first-order valence-electron chi connectivity index (χ1n) is 6.14. The number of hydrogen-bond acceptors (Lipinski definition) is 4. The molecule has 19 heavy (non-hydrogen) atoms. The van der Waals surface area contributed by atoms with Gasteiger partial charge in [-0.25, -0.2) is 4.79 Å². The van der Waals surface area contributed by atoms with E-state index in [0.29, 0.717) is 12.3 Å². The summed E-state index contributed by atoms with van der Waals surface area (Å²) in [4.78, 5) is 22.6. The van der Waals surface area contributed by atoms with Crippen molar-refractivity contribution in [1.29, 1.82) is 0 Å². The van der Waals surface area contributed by atoms with Gasteiger partial charge in [-0.15, -0.1) is 0 Å². The molecule has 0 heterocycles. The number of carbonyl (C=O) groups is 2. The van der Waals surface area contributed by atoms with Gasteiger partial charge in [0.2, 0.25) is 0 Å². The molecule has 0 radical (unpaired) electrons. The summed E-state index contributed by atoms with van der Waals surface area (Å²) in [5.41, 5.74) is 0.954. The first-order valence-corrected chi connectivity index (χ1v) is 6.14. The average molecular weight is 265 g/mol. The van der Waals surface area contributed by atoms with Gasteiger partial charge in [-0.3, -0.25) is 10.1 Å². The Balaban J connectivity index is 2.31. The Morgan fingerprint density at radius 1 is 1.21 bits per heavy atom. The molecule has 0 aliphatic rings. The van der Waals surface area contributed by atoms with E-state index in [4.69, 9.17) is 4.74 Å². The lowest BCUT2D eigenvalue weighted by molar-refractivity contribution is -0.122. The van der Waals surface area contributed by atoms with Crippen LogP contribution in [0.15, 0.2) is 24.3 Å². The summed E-state index contributed by atoms with van der Waals surface area (Å²) >= 11 is 0. The fourth-order valence-corrected chi connectivity index (χ4v) is 1.31. The lowest BCUT2D eigenvalue weighted by Crippen LogP contribution is -2.41. The molecule has 104 valence electrons. The zero-order chi connectivity index (χ0) is 14.1. The molecule has 6 heteroatoms. The minimum absolute atomic E-state index is 0.196. The predicted octanol–water partition coefficient (Wildman–Crippen LogP) is 1.34. The second-order valence-corrected chi connectivity index (χ2v) is 3.87. The van der Waals surface area contributed by atoms with E-state index in [2.05, 4.69) is 16.0 Å². The number of carbonyl (C=O) groups excluding carboxylic acids is 2. The van der Waals surface area contributed by atoms with E-state index in [1.54, 1.807) is 12.1 Å². The molecule has 0 atom stereocenters. The third kappa shape index (κ3) is 5.76. The number of rotatable bonds is 6. The van der Waals surface area contributed by atoms with Crippen LogP contribution in [-0.4, -0.2) is 32.1 Å². The van der Waals surface area contributed by atoms with E-state index in [-0.39, 0.29) is 6.61 Å². The van der Waals surface area contributed by atoms with Crippen LogP contribution < -0.4 is 20.7 Å². The molecule has 1 rings (SSSR count). The van der Waals surface area contributed by atoms with Crippen LogP contribution in [0.1, 0.15) is 13.3 Å². The molecule has 1 aromatic rings. The molecule has 0 aliphatic carbocycles. The maximum atomic E-state index is 11.4. The van der Waals surface area contributed by atoms with Crippen LogP contribution in [0.3, 0.4) is 0 Å². The van der Waals surface area contributed by atoms with Gasteiger partial charge in [0.25, 0.3) is 5.91 Å². The highest BCUT2D eigenvalue weighted by Crippen LogP contribution is 2.14. The third-order valence-electron chi connectivity index (χ3n) is 2.30. The van der Waals surface area contributed by atoms with Crippen LogP contribution in [0.2, 0.25) is 0 Å². The molecule has 0 saturated carbocycles. The fraction of sp³-hybridized carbons (Fsp3) is 0.385. The van der Waals surface area contributed by atoms with Crippen molar-refractivity contribution in [3.8, 4) is 5.75 Å².